The molecule has 2 nitrogen and oxygen atoms in total. The van der Waals surface area contributed by atoms with Gasteiger partial charge in [-0.3, -0.25) is 0 Å². The zero-order chi connectivity index (χ0) is 17.4. The van der Waals surface area contributed by atoms with Gasteiger partial charge in [-0.05, 0) is 68.7 Å². The Labute approximate surface area is 141 Å². The van der Waals surface area contributed by atoms with Crippen LogP contribution in [0.1, 0.15) is 39.0 Å². The maximum atomic E-state index is 12.6. The van der Waals surface area contributed by atoms with Crippen LogP contribution in [0.4, 0.5) is 18.9 Å². The molecule has 1 spiro atoms. The first-order chi connectivity index (χ1) is 11.3. The summed E-state index contributed by atoms with van der Waals surface area (Å²) in [5, 5.41) is 0. The summed E-state index contributed by atoms with van der Waals surface area (Å²) in [6.45, 7) is 7.14. The van der Waals surface area contributed by atoms with Gasteiger partial charge in [-0.2, -0.15) is 13.2 Å². The quantitative estimate of drug-likeness (QED) is 0.689. The molecule has 0 radical (unpaired) electrons. The van der Waals surface area contributed by atoms with Gasteiger partial charge < -0.3 is 9.64 Å². The van der Waals surface area contributed by atoms with Crippen molar-refractivity contribution in [2.24, 2.45) is 5.41 Å². The largest absolute Gasteiger partial charge is 0.481 e. The summed E-state index contributed by atoms with van der Waals surface area (Å²) in [6, 6.07) is 6.98. The molecule has 24 heavy (non-hydrogen) atoms. The van der Waals surface area contributed by atoms with Crippen LogP contribution in [0.25, 0.3) is 0 Å². The van der Waals surface area contributed by atoms with E-state index >= 15 is 0 Å². The lowest BCUT2D eigenvalue weighted by Gasteiger charge is -2.34. The molecule has 1 atom stereocenters. The van der Waals surface area contributed by atoms with Crippen LogP contribution in [0.2, 0.25) is 0 Å². The molecule has 0 aromatic heterocycles. The maximum absolute atomic E-state index is 12.6. The molecule has 5 heteroatoms. The van der Waals surface area contributed by atoms with Crippen molar-refractivity contribution < 1.29 is 17.9 Å². The second-order valence-electron chi connectivity index (χ2n) is 7.22. The van der Waals surface area contributed by atoms with Crippen molar-refractivity contribution in [1.29, 1.82) is 0 Å². The number of hydrogen-bond acceptors (Lipinski definition) is 2. The number of allylic oxidation sites excluding steroid dienone is 1. The third-order valence-corrected chi connectivity index (χ3v) is 5.43. The van der Waals surface area contributed by atoms with Gasteiger partial charge in [-0.1, -0.05) is 12.2 Å². The minimum Gasteiger partial charge on any atom is -0.481 e. The highest BCUT2D eigenvalue weighted by molar-refractivity contribution is 5.50. The molecule has 1 heterocycles. The van der Waals surface area contributed by atoms with Crippen LogP contribution in [-0.2, 0) is 0 Å². The number of halogens is 3. The average Bonchev–Trinajstić information content (AvgIpc) is 2.94. The molecule has 0 unspecified atom stereocenters. The Kier molecular flexibility index (Phi) is 4.54. The van der Waals surface area contributed by atoms with Gasteiger partial charge in [-0.25, -0.2) is 0 Å². The van der Waals surface area contributed by atoms with Gasteiger partial charge in [0.1, 0.15) is 5.75 Å². The number of anilines is 1. The predicted octanol–water partition coefficient (Wildman–Crippen LogP) is 5.34. The number of ether oxygens (including phenoxy) is 1. The first-order valence-corrected chi connectivity index (χ1v) is 8.53. The smallest absolute Gasteiger partial charge is 0.425 e. The number of benzene rings is 1. The highest BCUT2D eigenvalue weighted by atomic mass is 19.4. The fraction of sp³-hybridized carbons (Fsp3) is 0.579. The summed E-state index contributed by atoms with van der Waals surface area (Å²) in [6.07, 6.45) is -0.312. The van der Waals surface area contributed by atoms with E-state index in [9.17, 15) is 13.2 Å². The number of alkyl halides is 3. The van der Waals surface area contributed by atoms with Crippen molar-refractivity contribution in [2.45, 2.75) is 51.3 Å². The van der Waals surface area contributed by atoms with E-state index in [-0.39, 0.29) is 5.75 Å². The van der Waals surface area contributed by atoms with Gasteiger partial charge in [0.15, 0.2) is 6.10 Å². The Hall–Kier alpha value is -1.65. The van der Waals surface area contributed by atoms with Crippen LogP contribution in [-0.4, -0.2) is 25.4 Å². The standard InChI is InChI=1S/C19H24F3NO/c1-14-7-9-18(10-8-14)11-12-23(13-18)16-3-5-17(6-4-16)24-15(2)19(20,21)22/h3-6,15H,1,7-13H2,2H3/t15-/m0/s1. The molecule has 1 aromatic rings. The summed E-state index contributed by atoms with van der Waals surface area (Å²) < 4.78 is 42.6. The van der Waals surface area contributed by atoms with E-state index in [0.29, 0.717) is 5.41 Å². The molecule has 1 aliphatic heterocycles. The minimum atomic E-state index is -4.34. The SMILES string of the molecule is C=C1CCC2(CC1)CCN(c1ccc(O[C@@H](C)C(F)(F)F)cc1)C2. The fourth-order valence-corrected chi connectivity index (χ4v) is 3.70. The zero-order valence-electron chi connectivity index (χ0n) is 14.0. The zero-order valence-corrected chi connectivity index (χ0v) is 14.0. The second-order valence-corrected chi connectivity index (χ2v) is 7.22. The molecule has 2 aliphatic rings. The van der Waals surface area contributed by atoms with Crippen molar-refractivity contribution >= 4 is 5.69 Å². The van der Waals surface area contributed by atoms with Gasteiger partial charge in [0.25, 0.3) is 0 Å². The van der Waals surface area contributed by atoms with Crippen molar-refractivity contribution in [1.82, 2.24) is 0 Å². The molecule has 1 aromatic carbocycles. The van der Waals surface area contributed by atoms with Crippen LogP contribution in [0, 0.1) is 5.41 Å². The summed E-state index contributed by atoms with van der Waals surface area (Å²) in [5.74, 6) is 0.256. The van der Waals surface area contributed by atoms with Crippen molar-refractivity contribution in [3.63, 3.8) is 0 Å². The lowest BCUT2D eigenvalue weighted by atomic mass is 9.72. The van der Waals surface area contributed by atoms with E-state index < -0.39 is 12.3 Å². The first kappa shape index (κ1) is 17.2. The Morgan fingerprint density at radius 1 is 1.12 bits per heavy atom. The Bertz CT molecular complexity index is 584. The summed E-state index contributed by atoms with van der Waals surface area (Å²) in [4.78, 5) is 2.34. The van der Waals surface area contributed by atoms with Crippen molar-refractivity contribution in [3.05, 3.63) is 36.4 Å². The first-order valence-electron chi connectivity index (χ1n) is 8.53. The molecule has 0 amide bonds. The molecule has 1 aliphatic carbocycles. The van der Waals surface area contributed by atoms with E-state index in [0.717, 1.165) is 38.5 Å². The minimum absolute atomic E-state index is 0.256. The predicted molar refractivity (Wildman–Crippen MR) is 89.5 cm³/mol. The molecule has 2 fully saturated rings. The molecular weight excluding hydrogens is 315 g/mol. The monoisotopic (exact) mass is 339 g/mol. The second kappa shape index (κ2) is 6.34. The lowest BCUT2D eigenvalue weighted by molar-refractivity contribution is -0.189. The molecular formula is C19H24F3NO. The van der Waals surface area contributed by atoms with Crippen LogP contribution in [0.3, 0.4) is 0 Å². The van der Waals surface area contributed by atoms with Gasteiger partial charge in [-0.15, -0.1) is 0 Å². The normalized spacial score (nSPS) is 22.0. The Morgan fingerprint density at radius 2 is 1.75 bits per heavy atom. The van der Waals surface area contributed by atoms with E-state index in [1.807, 2.05) is 12.1 Å². The summed E-state index contributed by atoms with van der Waals surface area (Å²) in [5.41, 5.74) is 2.81. The molecule has 1 saturated carbocycles. The third-order valence-electron chi connectivity index (χ3n) is 5.43. The van der Waals surface area contributed by atoms with Gasteiger partial charge >= 0.3 is 6.18 Å². The van der Waals surface area contributed by atoms with Crippen LogP contribution >= 0.6 is 0 Å². The van der Waals surface area contributed by atoms with Gasteiger partial charge in [0.2, 0.25) is 0 Å². The maximum Gasteiger partial charge on any atom is 0.425 e. The van der Waals surface area contributed by atoms with Crippen LogP contribution in [0.5, 0.6) is 5.75 Å². The van der Waals surface area contributed by atoms with Crippen molar-refractivity contribution in [2.75, 3.05) is 18.0 Å². The van der Waals surface area contributed by atoms with E-state index in [2.05, 4.69) is 11.5 Å². The number of nitrogens with zero attached hydrogens (tertiary/aromatic N) is 1. The summed E-state index contributed by atoms with van der Waals surface area (Å²) >= 11 is 0. The molecule has 3 rings (SSSR count). The van der Waals surface area contributed by atoms with E-state index in [1.54, 1.807) is 12.1 Å². The van der Waals surface area contributed by atoms with E-state index in [4.69, 9.17) is 4.74 Å². The Balaban J connectivity index is 1.61. The molecule has 0 bridgehead atoms. The van der Waals surface area contributed by atoms with Gasteiger partial charge in [0.05, 0.1) is 0 Å². The summed E-state index contributed by atoms with van der Waals surface area (Å²) in [7, 11) is 0. The molecule has 1 saturated heterocycles. The highest BCUT2D eigenvalue weighted by Gasteiger charge is 2.40. The molecule has 0 N–H and O–H groups in total. The number of hydrogen-bond donors (Lipinski definition) is 0. The van der Waals surface area contributed by atoms with Crippen molar-refractivity contribution in [3.8, 4) is 5.75 Å². The van der Waals surface area contributed by atoms with E-state index in [1.165, 1.54) is 24.8 Å². The van der Waals surface area contributed by atoms with Gasteiger partial charge in [0, 0.05) is 18.8 Å². The average molecular weight is 339 g/mol. The number of rotatable bonds is 3. The Morgan fingerprint density at radius 3 is 2.33 bits per heavy atom. The third kappa shape index (κ3) is 3.70. The fourth-order valence-electron chi connectivity index (χ4n) is 3.70. The lowest BCUT2D eigenvalue weighted by Crippen LogP contribution is -2.31. The topological polar surface area (TPSA) is 12.5 Å². The van der Waals surface area contributed by atoms with Crippen LogP contribution < -0.4 is 9.64 Å². The highest BCUT2D eigenvalue weighted by Crippen LogP contribution is 2.46. The van der Waals surface area contributed by atoms with Crippen LogP contribution in [0.15, 0.2) is 36.4 Å². The molecule has 132 valence electrons.